The van der Waals surface area contributed by atoms with E-state index in [-0.39, 0.29) is 5.92 Å². The van der Waals surface area contributed by atoms with E-state index in [4.69, 9.17) is 9.97 Å². The van der Waals surface area contributed by atoms with Gasteiger partial charge in [-0.1, -0.05) is 206 Å². The van der Waals surface area contributed by atoms with Crippen LogP contribution < -0.4 is 32.5 Å². The van der Waals surface area contributed by atoms with E-state index >= 15 is 0 Å². The van der Waals surface area contributed by atoms with Crippen LogP contribution in [0.2, 0.25) is 0 Å². The summed E-state index contributed by atoms with van der Waals surface area (Å²) < 4.78 is 8.93. The highest BCUT2D eigenvalue weighted by Gasteiger charge is 2.38. The number of rotatable bonds is 10. The van der Waals surface area contributed by atoms with Gasteiger partial charge in [0.1, 0.15) is 17.5 Å². The van der Waals surface area contributed by atoms with Crippen molar-refractivity contribution in [1.29, 1.82) is 5.26 Å². The zero-order valence-corrected chi connectivity index (χ0v) is 39.8. The summed E-state index contributed by atoms with van der Waals surface area (Å²) in [5.41, 5.74) is 12.4. The summed E-state index contributed by atoms with van der Waals surface area (Å²) in [6.45, 7) is 15.2. The normalized spacial score (nSPS) is 12.3. The van der Waals surface area contributed by atoms with Crippen molar-refractivity contribution in [3.63, 3.8) is 0 Å². The van der Waals surface area contributed by atoms with Crippen molar-refractivity contribution in [2.75, 3.05) is 0 Å². The Balaban J connectivity index is 1.52. The molecule has 0 fully saturated rings. The van der Waals surface area contributed by atoms with E-state index in [0.717, 1.165) is 87.9 Å². The van der Waals surface area contributed by atoms with Crippen molar-refractivity contribution in [1.82, 2.24) is 28.1 Å². The number of benzene rings is 7. The van der Waals surface area contributed by atoms with Crippen LogP contribution in [0.5, 0.6) is 0 Å². The van der Waals surface area contributed by atoms with Gasteiger partial charge in [0, 0.05) is 47.2 Å². The Morgan fingerprint density at radius 2 is 0.971 bits per heavy atom. The van der Waals surface area contributed by atoms with E-state index in [1.54, 1.807) is 0 Å². The first kappa shape index (κ1) is 43.7. The van der Waals surface area contributed by atoms with E-state index in [1.165, 1.54) is 0 Å². The third kappa shape index (κ3) is 7.07. The second-order valence-corrected chi connectivity index (χ2v) is 18.3. The molecule has 0 aliphatic rings. The van der Waals surface area contributed by atoms with Crippen molar-refractivity contribution in [3.8, 4) is 17.3 Å². The zero-order chi connectivity index (χ0) is 48.0. The second kappa shape index (κ2) is 18.0. The highest BCUT2D eigenvalue weighted by Crippen LogP contribution is 2.36. The lowest BCUT2D eigenvalue weighted by Gasteiger charge is -2.25. The van der Waals surface area contributed by atoms with Crippen molar-refractivity contribution in [2.45, 2.75) is 26.7 Å². The molecule has 11 aromatic rings. The second-order valence-electron chi connectivity index (χ2n) is 18.3. The van der Waals surface area contributed by atoms with Crippen LogP contribution in [0.15, 0.2) is 194 Å². The maximum absolute atomic E-state index is 12.1. The predicted octanol–water partition coefficient (Wildman–Crippen LogP) is 8.42. The van der Waals surface area contributed by atoms with Gasteiger partial charge in [-0.2, -0.15) is 5.26 Å². The van der Waals surface area contributed by atoms with Crippen LogP contribution in [0, 0.1) is 24.8 Å². The molecule has 0 spiro atoms. The molecule has 4 aromatic heterocycles. The standard InChI is InChI=1S/C60H48B2N8/c1-40(2)55-52-53(57(47(39-63)59-65-48-35-21-23-37-50(48)67(59)5)69(55)61(42-26-11-7-12-27-42)43-28-13-8-14-29-43)56(46-34-20-19-25-41(46)3)70(62(44-30-15-9-16-31-44)45-32-17-10-18-33-45)58(52)54(64-4)60-66-49-36-22-24-38-51(49)68(60)6/h7-38,40H,1-3,5-6H3/b57-47-,58-54+. The van der Waals surface area contributed by atoms with Gasteiger partial charge in [-0.25, -0.2) is 14.8 Å². The number of imidazole rings is 2. The third-order valence-electron chi connectivity index (χ3n) is 13.8. The van der Waals surface area contributed by atoms with Gasteiger partial charge in [-0.05, 0) is 42.7 Å². The first-order valence-electron chi connectivity index (χ1n) is 23.7. The SMILES string of the molecule is [C-]#[N+]/C(c1nc2ccccc2n1C)=c1\c2c(C(C)C)n(B(c3ccccc3)c3ccccc3)/c(=C(/C#N)c3nc4ccccc4n3C)c2c(-c2ccccc2C)n1B(c1ccccc1)c1ccccc1. The third-order valence-corrected chi connectivity index (χ3v) is 13.8. The Bertz CT molecular complexity index is 3800. The number of aromatic nitrogens is 6. The number of nitriles is 1. The van der Waals surface area contributed by atoms with Crippen molar-refractivity contribution < 1.29 is 0 Å². The van der Waals surface area contributed by atoms with Crippen molar-refractivity contribution in [3.05, 3.63) is 239 Å². The molecule has 10 heteroatoms. The maximum Gasteiger partial charge on any atom is 0.327 e. The Labute approximate surface area is 408 Å². The molecule has 0 amide bonds. The van der Waals surface area contributed by atoms with Crippen molar-refractivity contribution >= 4 is 79.7 Å². The molecule has 0 aliphatic carbocycles. The lowest BCUT2D eigenvalue weighted by molar-refractivity contribution is 0.808. The monoisotopic (exact) mass is 902 g/mol. The largest absolute Gasteiger partial charge is 0.384 e. The highest BCUT2D eigenvalue weighted by atomic mass is 15.1. The molecular weight excluding hydrogens is 854 g/mol. The summed E-state index contributed by atoms with van der Waals surface area (Å²) in [6, 6.07) is 69.8. The first-order chi connectivity index (χ1) is 34.3. The molecule has 70 heavy (non-hydrogen) atoms. The summed E-state index contributed by atoms with van der Waals surface area (Å²) in [5.74, 6) is 0.974. The van der Waals surface area contributed by atoms with Crippen LogP contribution in [-0.4, -0.2) is 41.8 Å². The van der Waals surface area contributed by atoms with Crippen LogP contribution >= 0.6 is 0 Å². The fourth-order valence-electron chi connectivity index (χ4n) is 10.8. The zero-order valence-electron chi connectivity index (χ0n) is 39.8. The minimum Gasteiger partial charge on any atom is -0.384 e. The van der Waals surface area contributed by atoms with Gasteiger partial charge in [-0.15, -0.1) is 0 Å². The first-order valence-corrected chi connectivity index (χ1v) is 23.7. The summed E-state index contributed by atoms with van der Waals surface area (Å²) >= 11 is 0. The Morgan fingerprint density at radius 1 is 0.543 bits per heavy atom. The Hall–Kier alpha value is -8.85. The van der Waals surface area contributed by atoms with Gasteiger partial charge in [-0.3, -0.25) is 0 Å². The molecule has 0 unspecified atom stereocenters. The van der Waals surface area contributed by atoms with Gasteiger partial charge in [0.15, 0.2) is 5.82 Å². The topological polar surface area (TPSA) is 73.7 Å². The van der Waals surface area contributed by atoms with E-state index in [0.29, 0.717) is 22.9 Å². The maximum atomic E-state index is 12.1. The van der Waals surface area contributed by atoms with Crippen molar-refractivity contribution in [2.24, 2.45) is 14.1 Å². The Kier molecular flexibility index (Phi) is 11.2. The predicted molar refractivity (Wildman–Crippen MR) is 289 cm³/mol. The number of nitrogens with zero attached hydrogens (tertiary/aromatic N) is 8. The number of hydrogen-bond acceptors (Lipinski definition) is 3. The molecule has 334 valence electrons. The Morgan fingerprint density at radius 3 is 1.43 bits per heavy atom. The summed E-state index contributed by atoms with van der Waals surface area (Å²) in [5, 5.41) is 15.3. The number of para-hydroxylation sites is 4. The number of fused-ring (bicyclic) bond motifs is 3. The molecule has 0 bridgehead atoms. The quantitative estimate of drug-likeness (QED) is 0.102. The minimum atomic E-state index is -0.438. The fraction of sp³-hybridized carbons (Fsp3) is 0.100. The molecule has 4 heterocycles. The molecule has 0 N–H and O–H groups in total. The van der Waals surface area contributed by atoms with Gasteiger partial charge in [0.05, 0.1) is 34.0 Å². The molecule has 7 aromatic carbocycles. The van der Waals surface area contributed by atoms with Crippen LogP contribution in [0.4, 0.5) is 0 Å². The lowest BCUT2D eigenvalue weighted by atomic mass is 9.50. The van der Waals surface area contributed by atoms with Gasteiger partial charge >= 0.3 is 13.7 Å². The van der Waals surface area contributed by atoms with Gasteiger partial charge < -0.3 is 18.1 Å². The van der Waals surface area contributed by atoms with Crippen LogP contribution in [0.3, 0.4) is 0 Å². The molecular formula is C60H48B2N8. The van der Waals surface area contributed by atoms with Gasteiger partial charge in [0.2, 0.25) is 0 Å². The average molecular weight is 903 g/mol. The molecule has 0 atom stereocenters. The molecule has 0 saturated carbocycles. The van der Waals surface area contributed by atoms with E-state index in [2.05, 4.69) is 179 Å². The smallest absolute Gasteiger partial charge is 0.327 e. The average Bonchev–Trinajstić information content (AvgIpc) is 4.12. The molecule has 0 saturated heterocycles. The van der Waals surface area contributed by atoms with Crippen LogP contribution in [0.25, 0.3) is 60.2 Å². The minimum absolute atomic E-state index is 0.134. The van der Waals surface area contributed by atoms with Crippen LogP contribution in [0.1, 0.15) is 42.7 Å². The number of hydrogen-bond donors (Lipinski definition) is 0. The molecule has 8 nitrogen and oxygen atoms in total. The van der Waals surface area contributed by atoms with Gasteiger partial charge in [0.25, 0.3) is 5.70 Å². The summed E-state index contributed by atoms with van der Waals surface area (Å²) in [7, 11) is 4.00. The van der Waals surface area contributed by atoms with E-state index in [9.17, 15) is 11.8 Å². The molecule has 11 rings (SSSR count). The lowest BCUT2D eigenvalue weighted by Crippen LogP contribution is -2.54. The fourth-order valence-corrected chi connectivity index (χ4v) is 10.8. The summed E-state index contributed by atoms with van der Waals surface area (Å²) in [6.07, 6.45) is 0. The van der Waals surface area contributed by atoms with E-state index < -0.39 is 13.7 Å². The molecule has 0 radical (unpaired) electrons. The number of aryl methyl sites for hydroxylation is 3. The van der Waals surface area contributed by atoms with Crippen LogP contribution in [-0.2, 0) is 14.1 Å². The van der Waals surface area contributed by atoms with E-state index in [1.807, 2.05) is 79.3 Å². The highest BCUT2D eigenvalue weighted by molar-refractivity contribution is 6.85. The summed E-state index contributed by atoms with van der Waals surface area (Å²) in [4.78, 5) is 15.2. The molecule has 0 aliphatic heterocycles.